The largest absolute Gasteiger partial charge is 2.00 e. The predicted molar refractivity (Wildman–Crippen MR) is 174 cm³/mol. The first-order chi connectivity index (χ1) is 21.9. The zero-order chi connectivity index (χ0) is 33.2. The van der Waals surface area contributed by atoms with E-state index in [2.05, 4.69) is 6.58 Å². The van der Waals surface area contributed by atoms with Crippen molar-refractivity contribution in [3.05, 3.63) is 75.4 Å². The van der Waals surface area contributed by atoms with Crippen molar-refractivity contribution in [2.75, 3.05) is 7.11 Å². The summed E-state index contributed by atoms with van der Waals surface area (Å²) < 4.78 is 5.04. The molecule has 12 heteroatoms. The maximum absolute atomic E-state index is 13.9. The van der Waals surface area contributed by atoms with Crippen LogP contribution in [0.2, 0.25) is 0 Å². The van der Waals surface area contributed by atoms with Crippen LogP contribution in [0.15, 0.2) is 24.8 Å². The Bertz CT molecular complexity index is 2090. The van der Waals surface area contributed by atoms with E-state index in [4.69, 9.17) is 24.7 Å². The second-order valence-corrected chi connectivity index (χ2v) is 11.7. The molecule has 3 aliphatic rings. The number of carbonyl (C=O) groups excluding carboxylic acids is 2. The first-order valence-electron chi connectivity index (χ1n) is 15.0. The van der Waals surface area contributed by atoms with Crippen LogP contribution in [-0.2, 0) is 14.3 Å². The van der Waals surface area contributed by atoms with Crippen LogP contribution in [-0.4, -0.2) is 68.6 Å². The molecule has 0 amide bonds. The van der Waals surface area contributed by atoms with Gasteiger partial charge in [-0.3, -0.25) is 4.98 Å². The summed E-state index contributed by atoms with van der Waals surface area (Å²) >= 11 is 0. The van der Waals surface area contributed by atoms with Gasteiger partial charge in [-0.05, 0) is 55.4 Å². The summed E-state index contributed by atoms with van der Waals surface area (Å²) in [6, 6.07) is 5.18. The maximum Gasteiger partial charge on any atom is 2.00 e. The molecule has 3 aromatic heterocycles. The van der Waals surface area contributed by atoms with E-state index < -0.39 is 29.9 Å². The molecular weight excluding hydrogens is 613 g/mol. The quantitative estimate of drug-likeness (QED) is 0.218. The second kappa shape index (κ2) is 12.8. The van der Waals surface area contributed by atoms with E-state index >= 15 is 0 Å². The van der Waals surface area contributed by atoms with Crippen molar-refractivity contribution in [2.45, 2.75) is 65.1 Å². The zero-order valence-electron chi connectivity index (χ0n) is 26.8. The van der Waals surface area contributed by atoms with Gasteiger partial charge in [0.25, 0.3) is 0 Å². The topological polar surface area (TPSA) is 184 Å². The van der Waals surface area contributed by atoms with E-state index in [9.17, 15) is 30.0 Å². The van der Waals surface area contributed by atoms with Crippen molar-refractivity contribution in [3.8, 4) is 0 Å². The number of nitrogens with zero attached hydrogens (tertiary/aromatic N) is 4. The molecule has 6 rings (SSSR count). The molecular formula is C35H32MgN4O7-2. The number of fused-ring (bicyclic) bond motifs is 8. The third-order valence-electron chi connectivity index (χ3n) is 9.25. The first-order valence-corrected chi connectivity index (χ1v) is 15.0. The van der Waals surface area contributed by atoms with E-state index in [-0.39, 0.29) is 69.6 Å². The third kappa shape index (κ3) is 5.38. The molecule has 2 atom stereocenters. The second-order valence-electron chi connectivity index (χ2n) is 11.7. The van der Waals surface area contributed by atoms with Gasteiger partial charge >= 0.3 is 29.0 Å². The molecule has 0 saturated carbocycles. The number of rotatable bonds is 7. The van der Waals surface area contributed by atoms with Crippen molar-refractivity contribution >= 4 is 85.6 Å². The number of esters is 1. The van der Waals surface area contributed by atoms with E-state index in [1.807, 2.05) is 20.8 Å². The Morgan fingerprint density at radius 2 is 1.74 bits per heavy atom. The Morgan fingerprint density at radius 3 is 2.36 bits per heavy atom. The molecule has 0 radical (unpaired) electrons. The molecule has 47 heavy (non-hydrogen) atoms. The summed E-state index contributed by atoms with van der Waals surface area (Å²) in [5, 5.41) is 46.4. The van der Waals surface area contributed by atoms with Crippen LogP contribution in [0.3, 0.4) is 0 Å². The summed E-state index contributed by atoms with van der Waals surface area (Å²) in [5.41, 5.74) is 6.58. The van der Waals surface area contributed by atoms with Crippen molar-refractivity contribution in [2.24, 2.45) is 0 Å². The van der Waals surface area contributed by atoms with E-state index in [0.717, 1.165) is 11.1 Å². The van der Waals surface area contributed by atoms with Crippen LogP contribution in [0.5, 0.6) is 0 Å². The molecule has 11 nitrogen and oxygen atoms in total. The van der Waals surface area contributed by atoms with Gasteiger partial charge in [-0.1, -0.05) is 61.6 Å². The minimum Gasteiger partial charge on any atom is -0.871 e. The molecule has 238 valence electrons. The molecule has 2 aliphatic heterocycles. The smallest absolute Gasteiger partial charge is 0.871 e. The Balaban J connectivity index is 0.00000433. The van der Waals surface area contributed by atoms with Crippen molar-refractivity contribution in [1.82, 2.24) is 19.9 Å². The molecule has 2 N–H and O–H groups in total. The third-order valence-corrected chi connectivity index (χ3v) is 9.25. The number of hydrogen-bond acceptors (Lipinski definition) is 9. The summed E-state index contributed by atoms with van der Waals surface area (Å²) in [5.74, 6) is -3.44. The molecule has 3 aromatic rings. The molecule has 1 aliphatic carbocycles. The number of allylic oxidation sites excluding steroid dienone is 1. The van der Waals surface area contributed by atoms with Gasteiger partial charge in [-0.15, -0.1) is 22.1 Å². The maximum atomic E-state index is 13.9. The van der Waals surface area contributed by atoms with Crippen molar-refractivity contribution in [1.29, 1.82) is 0 Å². The van der Waals surface area contributed by atoms with Gasteiger partial charge in [0, 0.05) is 29.1 Å². The Hall–Kier alpha value is -4.23. The normalized spacial score (nSPS) is 16.9. The summed E-state index contributed by atoms with van der Waals surface area (Å²) in [6.45, 7) is 11.3. The Morgan fingerprint density at radius 1 is 1.06 bits per heavy atom. The van der Waals surface area contributed by atoms with Crippen LogP contribution in [0, 0.1) is 13.8 Å². The minimum absolute atomic E-state index is 0. The number of aliphatic carboxylic acids is 1. The number of aromatic nitrogens is 4. The number of carbonyl (C=O) groups is 2. The van der Waals surface area contributed by atoms with E-state index in [0.29, 0.717) is 56.9 Å². The summed E-state index contributed by atoms with van der Waals surface area (Å²) in [6.07, 6.45) is 0.167. The van der Waals surface area contributed by atoms with Crippen molar-refractivity contribution < 1.29 is 34.8 Å². The zero-order valence-corrected chi connectivity index (χ0v) is 28.2. The van der Waals surface area contributed by atoms with Crippen LogP contribution < -0.4 is 20.2 Å². The van der Waals surface area contributed by atoms with Gasteiger partial charge in [0.05, 0.1) is 29.8 Å². The van der Waals surface area contributed by atoms with Crippen LogP contribution >= 0.6 is 0 Å². The Kier molecular flexibility index (Phi) is 9.26. The van der Waals surface area contributed by atoms with Crippen LogP contribution in [0.1, 0.15) is 95.5 Å². The van der Waals surface area contributed by atoms with Gasteiger partial charge in [-0.25, -0.2) is 9.78 Å². The molecule has 0 unspecified atom stereocenters. The average molecular weight is 645 g/mol. The number of carboxylic acids is 1. The number of aliphatic hydroxyl groups excluding tert-OH is 1. The molecule has 0 aromatic carbocycles. The number of hydrogen-bond donors (Lipinski definition) is 2. The van der Waals surface area contributed by atoms with Crippen molar-refractivity contribution in [3.63, 3.8) is 0 Å². The van der Waals surface area contributed by atoms with E-state index in [1.165, 1.54) is 7.11 Å². The number of aliphatic hydroxyl groups is 2. The standard InChI is InChI=1S/C35H36N4O7.Mg/c1-7-17-14(3)20-11-21-15(4)19(9-10-26(40)41)31(38-21)29-30(35(45)46-6)33(42)27-16(5)22(39-32(27)29)12-24-18(8-2)28(34(43)44)25(37-24)13-23(17)36-20;/h7,11-13,15,19,34,43-44H,1,8-10H2,2-6H3,(H4,36,37,38,39,40,41,42,45);/q;+2/p-4/t15-,19-;/m0./s1. The van der Waals surface area contributed by atoms with Gasteiger partial charge in [0.15, 0.2) is 6.29 Å². The van der Waals surface area contributed by atoms with Gasteiger partial charge in [0.1, 0.15) is 0 Å². The fourth-order valence-electron chi connectivity index (χ4n) is 6.85. The minimum atomic E-state index is -1.81. The predicted octanol–water partition coefficient (Wildman–Crippen LogP) is 2.22. The number of methoxy groups -OCH3 is 1. The summed E-state index contributed by atoms with van der Waals surface area (Å²) in [7, 11) is 1.19. The average Bonchev–Trinajstić information content (AvgIpc) is 3.76. The fraction of sp³-hybridized carbons (Fsp3) is 0.314. The van der Waals surface area contributed by atoms with E-state index in [1.54, 1.807) is 31.2 Å². The van der Waals surface area contributed by atoms with Gasteiger partial charge < -0.3 is 39.9 Å². The summed E-state index contributed by atoms with van der Waals surface area (Å²) in [4.78, 5) is 44.2. The number of carboxylic acid groups (broad SMARTS) is 1. The number of ether oxygens (including phenoxy) is 1. The van der Waals surface area contributed by atoms with Gasteiger partial charge in [0.2, 0.25) is 0 Å². The Labute approximate surface area is 286 Å². The monoisotopic (exact) mass is 644 g/mol. The van der Waals surface area contributed by atoms with Crippen LogP contribution in [0.4, 0.5) is 0 Å². The molecule has 8 bridgehead atoms. The molecule has 0 saturated heterocycles. The first kappa shape index (κ1) is 34.1. The van der Waals surface area contributed by atoms with Crippen LogP contribution in [0.25, 0.3) is 50.6 Å². The fourth-order valence-corrected chi connectivity index (χ4v) is 6.85. The van der Waals surface area contributed by atoms with Gasteiger partial charge in [-0.2, -0.15) is 0 Å². The number of aryl methyl sites for hydroxylation is 2. The molecule has 0 spiro atoms. The molecule has 0 fully saturated rings. The SMILES string of the molecule is C=Cc1c(C)c2cc3nc(c4c5[n-]c(cc6nc(cc1[n-]2)C(C(O)O)=C6CC)c(C)c5C([O-])=C4C(=O)OC)[C@@H](CCC(=O)[O-])[C@@H]3C.[Mg+2]. The molecule has 5 heterocycles.